The van der Waals surface area contributed by atoms with Crippen molar-refractivity contribution in [1.82, 2.24) is 0 Å². The van der Waals surface area contributed by atoms with Gasteiger partial charge in [-0.15, -0.1) is 0 Å². The van der Waals surface area contributed by atoms with Crippen LogP contribution in [0, 0.1) is 40.4 Å². The Labute approximate surface area is 176 Å². The molecule has 3 saturated carbocycles. The van der Waals surface area contributed by atoms with Crippen LogP contribution in [0.2, 0.25) is 0 Å². The molecule has 0 aromatic heterocycles. The minimum atomic E-state index is -0.663. The Hall–Kier alpha value is -1.38. The van der Waals surface area contributed by atoms with Crippen LogP contribution in [-0.2, 0) is 9.59 Å². The van der Waals surface area contributed by atoms with E-state index in [2.05, 4.69) is 33.8 Å². The SMILES string of the molecule is C/C=C1/CC2C(CCC3(C)C2CCC3[C@H](C)CCC(=O)O)C2(C)CCC(=O)C=C12. The first-order valence-electron chi connectivity index (χ1n) is 11.8. The Bertz CT molecular complexity index is 762. The molecule has 0 aliphatic heterocycles. The van der Waals surface area contributed by atoms with Crippen LogP contribution in [0.1, 0.15) is 85.5 Å². The summed E-state index contributed by atoms with van der Waals surface area (Å²) in [5, 5.41) is 9.13. The van der Waals surface area contributed by atoms with Crippen LogP contribution < -0.4 is 0 Å². The van der Waals surface area contributed by atoms with Crippen LogP contribution in [0.3, 0.4) is 0 Å². The molecule has 0 spiro atoms. The standard InChI is InChI=1S/C26H38O3/c1-5-17-14-19-21-8-7-20(16(2)6-9-24(28)29)25(21,3)13-11-22(19)26(4)12-10-18(27)15-23(17)26/h5,15-16,19-22H,6-14H2,1-4H3,(H,28,29)/b17-5-/t16-,19?,20?,21?,22?,25?,26?/m1/s1. The minimum Gasteiger partial charge on any atom is -0.481 e. The number of ketones is 1. The number of carboxylic acids is 1. The third-order valence-corrected chi connectivity index (χ3v) is 9.79. The molecular formula is C26H38O3. The second kappa shape index (κ2) is 7.39. The molecule has 0 saturated heterocycles. The number of fused-ring (bicyclic) bond motifs is 5. The number of carbonyl (C=O) groups excluding carboxylic acids is 1. The molecular weight excluding hydrogens is 360 g/mol. The van der Waals surface area contributed by atoms with Crippen molar-refractivity contribution in [2.24, 2.45) is 40.4 Å². The van der Waals surface area contributed by atoms with Gasteiger partial charge in [0.15, 0.2) is 5.78 Å². The number of hydrogen-bond acceptors (Lipinski definition) is 2. The van der Waals surface area contributed by atoms with Gasteiger partial charge in [0.25, 0.3) is 0 Å². The van der Waals surface area contributed by atoms with Gasteiger partial charge in [-0.1, -0.05) is 26.8 Å². The molecule has 3 heteroatoms. The number of carbonyl (C=O) groups is 2. The Kier molecular flexibility index (Phi) is 5.32. The average molecular weight is 399 g/mol. The normalized spacial score (nSPS) is 43.9. The molecule has 4 rings (SSSR count). The van der Waals surface area contributed by atoms with Gasteiger partial charge < -0.3 is 5.11 Å². The molecule has 0 heterocycles. The summed E-state index contributed by atoms with van der Waals surface area (Å²) in [5.74, 6) is 2.93. The number of rotatable bonds is 4. The summed E-state index contributed by atoms with van der Waals surface area (Å²) in [4.78, 5) is 23.3. The summed E-state index contributed by atoms with van der Waals surface area (Å²) < 4.78 is 0. The Morgan fingerprint density at radius 3 is 2.69 bits per heavy atom. The summed E-state index contributed by atoms with van der Waals surface area (Å²) >= 11 is 0. The van der Waals surface area contributed by atoms with Gasteiger partial charge in [-0.25, -0.2) is 0 Å². The highest BCUT2D eigenvalue weighted by Crippen LogP contribution is 2.68. The maximum atomic E-state index is 12.2. The molecule has 0 amide bonds. The zero-order valence-corrected chi connectivity index (χ0v) is 18.7. The zero-order chi connectivity index (χ0) is 21.0. The highest BCUT2D eigenvalue weighted by atomic mass is 16.4. The van der Waals surface area contributed by atoms with Crippen LogP contribution in [-0.4, -0.2) is 16.9 Å². The van der Waals surface area contributed by atoms with Gasteiger partial charge in [0.1, 0.15) is 0 Å². The van der Waals surface area contributed by atoms with Gasteiger partial charge in [-0.2, -0.15) is 0 Å². The van der Waals surface area contributed by atoms with Gasteiger partial charge in [-0.3, -0.25) is 9.59 Å². The van der Waals surface area contributed by atoms with Crippen molar-refractivity contribution in [2.45, 2.75) is 85.5 Å². The van der Waals surface area contributed by atoms with E-state index in [0.717, 1.165) is 25.2 Å². The van der Waals surface area contributed by atoms with Crippen molar-refractivity contribution in [1.29, 1.82) is 0 Å². The van der Waals surface area contributed by atoms with Crippen molar-refractivity contribution in [3.63, 3.8) is 0 Å². The third kappa shape index (κ3) is 3.24. The van der Waals surface area contributed by atoms with Crippen LogP contribution in [0.15, 0.2) is 23.3 Å². The quantitative estimate of drug-likeness (QED) is 0.614. The van der Waals surface area contributed by atoms with E-state index in [9.17, 15) is 9.59 Å². The number of aliphatic carboxylic acids is 1. The van der Waals surface area contributed by atoms with E-state index in [1.165, 1.54) is 36.8 Å². The van der Waals surface area contributed by atoms with E-state index in [0.29, 0.717) is 47.7 Å². The maximum Gasteiger partial charge on any atom is 0.303 e. The first-order valence-corrected chi connectivity index (χ1v) is 11.8. The molecule has 4 aliphatic rings. The van der Waals surface area contributed by atoms with Crippen LogP contribution in [0.4, 0.5) is 0 Å². The molecule has 6 unspecified atom stereocenters. The monoisotopic (exact) mass is 398 g/mol. The smallest absolute Gasteiger partial charge is 0.303 e. The zero-order valence-electron chi connectivity index (χ0n) is 18.7. The van der Waals surface area contributed by atoms with E-state index in [4.69, 9.17) is 5.11 Å². The van der Waals surface area contributed by atoms with Gasteiger partial charge >= 0.3 is 5.97 Å². The maximum absolute atomic E-state index is 12.2. The lowest BCUT2D eigenvalue weighted by molar-refractivity contribution is -0.137. The average Bonchev–Trinajstić information content (AvgIpc) is 3.03. The Morgan fingerprint density at radius 1 is 1.24 bits per heavy atom. The van der Waals surface area contributed by atoms with Crippen molar-refractivity contribution >= 4 is 11.8 Å². The van der Waals surface area contributed by atoms with Crippen molar-refractivity contribution < 1.29 is 14.7 Å². The summed E-state index contributed by atoms with van der Waals surface area (Å²) in [5.41, 5.74) is 3.28. The highest BCUT2D eigenvalue weighted by molar-refractivity contribution is 5.92. The van der Waals surface area contributed by atoms with E-state index in [-0.39, 0.29) is 5.41 Å². The van der Waals surface area contributed by atoms with Gasteiger partial charge in [0, 0.05) is 12.8 Å². The van der Waals surface area contributed by atoms with E-state index in [1.54, 1.807) is 0 Å². The summed E-state index contributed by atoms with van der Waals surface area (Å²) in [6, 6.07) is 0. The summed E-state index contributed by atoms with van der Waals surface area (Å²) in [6.07, 6.45) is 13.3. The lowest BCUT2D eigenvalue weighted by Crippen LogP contribution is -2.51. The molecule has 1 N–H and O–H groups in total. The highest BCUT2D eigenvalue weighted by Gasteiger charge is 2.60. The molecule has 3 nitrogen and oxygen atoms in total. The molecule has 160 valence electrons. The number of hydrogen-bond donors (Lipinski definition) is 1. The third-order valence-electron chi connectivity index (χ3n) is 9.79. The van der Waals surface area contributed by atoms with Gasteiger partial charge in [0.2, 0.25) is 0 Å². The lowest BCUT2D eigenvalue weighted by Gasteiger charge is -2.59. The molecule has 0 aromatic rings. The first kappa shape index (κ1) is 20.9. The topological polar surface area (TPSA) is 54.4 Å². The van der Waals surface area contributed by atoms with Crippen molar-refractivity contribution in [3.8, 4) is 0 Å². The summed E-state index contributed by atoms with van der Waals surface area (Å²) in [7, 11) is 0. The van der Waals surface area contributed by atoms with Gasteiger partial charge in [-0.05, 0) is 110 Å². The first-order chi connectivity index (χ1) is 13.7. The molecule has 0 bridgehead atoms. The van der Waals surface area contributed by atoms with Crippen LogP contribution >= 0.6 is 0 Å². The van der Waals surface area contributed by atoms with Crippen molar-refractivity contribution in [3.05, 3.63) is 23.3 Å². The largest absolute Gasteiger partial charge is 0.481 e. The van der Waals surface area contributed by atoms with E-state index in [1.807, 2.05) is 6.08 Å². The van der Waals surface area contributed by atoms with Gasteiger partial charge in [0.05, 0.1) is 0 Å². The predicted molar refractivity (Wildman–Crippen MR) is 115 cm³/mol. The summed E-state index contributed by atoms with van der Waals surface area (Å²) in [6.45, 7) is 9.40. The Morgan fingerprint density at radius 2 is 2.00 bits per heavy atom. The minimum absolute atomic E-state index is 0.160. The second-order valence-electron chi connectivity index (χ2n) is 11.0. The number of allylic oxidation sites excluding steroid dienone is 3. The molecule has 7 atom stereocenters. The van der Waals surface area contributed by atoms with Crippen LogP contribution in [0.25, 0.3) is 0 Å². The predicted octanol–water partition coefficient (Wildman–Crippen LogP) is 6.19. The Balaban J connectivity index is 1.62. The number of carboxylic acid groups (broad SMARTS) is 1. The fourth-order valence-corrected chi connectivity index (χ4v) is 8.29. The molecule has 4 aliphatic carbocycles. The second-order valence-corrected chi connectivity index (χ2v) is 11.0. The fourth-order valence-electron chi connectivity index (χ4n) is 8.29. The van der Waals surface area contributed by atoms with E-state index >= 15 is 0 Å². The fraction of sp³-hybridized carbons (Fsp3) is 0.769. The molecule has 0 radical (unpaired) electrons. The van der Waals surface area contributed by atoms with Crippen molar-refractivity contribution in [2.75, 3.05) is 0 Å². The van der Waals surface area contributed by atoms with Crippen LogP contribution in [0.5, 0.6) is 0 Å². The molecule has 3 fully saturated rings. The lowest BCUT2D eigenvalue weighted by atomic mass is 9.45. The molecule has 29 heavy (non-hydrogen) atoms. The molecule has 0 aromatic carbocycles. The van der Waals surface area contributed by atoms with E-state index < -0.39 is 5.97 Å².